The highest BCUT2D eigenvalue weighted by molar-refractivity contribution is 5.69. The molecule has 0 saturated heterocycles. The van der Waals surface area contributed by atoms with E-state index in [4.69, 9.17) is 0 Å². The van der Waals surface area contributed by atoms with Gasteiger partial charge in [-0.15, -0.1) is 0 Å². The lowest BCUT2D eigenvalue weighted by Crippen LogP contribution is -2.12. The third kappa shape index (κ3) is 2.92. The van der Waals surface area contributed by atoms with Crippen molar-refractivity contribution in [2.45, 2.75) is 46.0 Å². The van der Waals surface area contributed by atoms with E-state index < -0.39 is 0 Å². The van der Waals surface area contributed by atoms with E-state index in [-0.39, 0.29) is 11.2 Å². The molecule has 0 radical (unpaired) electrons. The van der Waals surface area contributed by atoms with Crippen molar-refractivity contribution in [3.63, 3.8) is 0 Å². The predicted molar refractivity (Wildman–Crippen MR) is 84.6 cm³/mol. The Morgan fingerprint density at radius 3 is 2.10 bits per heavy atom. The predicted octanol–water partition coefficient (Wildman–Crippen LogP) is 5.91. The highest BCUT2D eigenvalue weighted by Crippen LogP contribution is 2.34. The maximum Gasteiger partial charge on any atom is 0.131 e. The molecular formula is C19H23F. The van der Waals surface area contributed by atoms with Gasteiger partial charge in [-0.3, -0.25) is 0 Å². The molecule has 2 aromatic carbocycles. The minimum atomic E-state index is -0.132. The van der Waals surface area contributed by atoms with Gasteiger partial charge in [0.1, 0.15) is 5.82 Å². The third-order valence-corrected chi connectivity index (χ3v) is 3.69. The molecule has 0 unspecified atom stereocenters. The van der Waals surface area contributed by atoms with E-state index in [0.717, 1.165) is 11.1 Å². The third-order valence-electron chi connectivity index (χ3n) is 3.69. The number of benzene rings is 2. The van der Waals surface area contributed by atoms with Crippen LogP contribution in [0.2, 0.25) is 0 Å². The fourth-order valence-corrected chi connectivity index (χ4v) is 2.48. The molecule has 106 valence electrons. The molecule has 0 nitrogen and oxygen atoms in total. The largest absolute Gasteiger partial charge is 0.206 e. The Kier molecular flexibility index (Phi) is 3.99. The van der Waals surface area contributed by atoms with Crippen molar-refractivity contribution >= 4 is 0 Å². The maximum atomic E-state index is 14.5. The van der Waals surface area contributed by atoms with Gasteiger partial charge in [-0.05, 0) is 34.1 Å². The molecule has 0 aliphatic rings. The van der Waals surface area contributed by atoms with Gasteiger partial charge in [0.2, 0.25) is 0 Å². The normalized spacial score (nSPS) is 11.9. The van der Waals surface area contributed by atoms with Crippen LogP contribution in [0.5, 0.6) is 0 Å². The van der Waals surface area contributed by atoms with Gasteiger partial charge < -0.3 is 0 Å². The van der Waals surface area contributed by atoms with Crippen LogP contribution in [-0.4, -0.2) is 0 Å². The zero-order chi connectivity index (χ0) is 14.9. The van der Waals surface area contributed by atoms with Gasteiger partial charge in [0.25, 0.3) is 0 Å². The van der Waals surface area contributed by atoms with Crippen LogP contribution in [0.3, 0.4) is 0 Å². The fourth-order valence-electron chi connectivity index (χ4n) is 2.48. The van der Waals surface area contributed by atoms with E-state index in [1.165, 1.54) is 5.56 Å². The highest BCUT2D eigenvalue weighted by Gasteiger charge is 2.20. The van der Waals surface area contributed by atoms with Crippen molar-refractivity contribution < 1.29 is 4.39 Å². The first-order valence-corrected chi connectivity index (χ1v) is 7.20. The van der Waals surface area contributed by atoms with Crippen molar-refractivity contribution in [2.24, 2.45) is 0 Å². The van der Waals surface area contributed by atoms with Gasteiger partial charge in [-0.1, -0.05) is 71.0 Å². The zero-order valence-electron chi connectivity index (χ0n) is 13.0. The lowest BCUT2D eigenvalue weighted by Gasteiger charge is -2.23. The quantitative estimate of drug-likeness (QED) is 0.636. The summed E-state index contributed by atoms with van der Waals surface area (Å²) in [6.07, 6.45) is 0. The molecule has 0 heterocycles. The summed E-state index contributed by atoms with van der Waals surface area (Å²) >= 11 is 0. The minimum Gasteiger partial charge on any atom is -0.206 e. The maximum absolute atomic E-state index is 14.5. The Labute approximate surface area is 121 Å². The van der Waals surface area contributed by atoms with Crippen LogP contribution in [-0.2, 0) is 5.41 Å². The monoisotopic (exact) mass is 270 g/mol. The lowest BCUT2D eigenvalue weighted by molar-refractivity contribution is 0.589. The van der Waals surface area contributed by atoms with Crippen LogP contribution in [0.4, 0.5) is 4.39 Å². The second kappa shape index (κ2) is 5.40. The molecule has 0 fully saturated rings. The van der Waals surface area contributed by atoms with E-state index in [1.807, 2.05) is 30.3 Å². The Morgan fingerprint density at radius 1 is 0.900 bits per heavy atom. The Hall–Kier alpha value is -1.63. The van der Waals surface area contributed by atoms with Crippen molar-refractivity contribution in [1.82, 2.24) is 0 Å². The van der Waals surface area contributed by atoms with Crippen molar-refractivity contribution in [3.05, 3.63) is 59.4 Å². The summed E-state index contributed by atoms with van der Waals surface area (Å²) in [7, 11) is 0. The van der Waals surface area contributed by atoms with Crippen molar-refractivity contribution in [2.75, 3.05) is 0 Å². The Morgan fingerprint density at radius 2 is 1.55 bits per heavy atom. The fraction of sp³-hybridized carbons (Fsp3) is 0.368. The Balaban J connectivity index is 2.58. The summed E-state index contributed by atoms with van der Waals surface area (Å²) in [5, 5.41) is 0. The van der Waals surface area contributed by atoms with Crippen molar-refractivity contribution in [3.8, 4) is 11.1 Å². The van der Waals surface area contributed by atoms with E-state index in [9.17, 15) is 4.39 Å². The second-order valence-corrected chi connectivity index (χ2v) is 6.69. The van der Waals surface area contributed by atoms with Gasteiger partial charge in [-0.2, -0.15) is 0 Å². The summed E-state index contributed by atoms with van der Waals surface area (Å²) in [5.74, 6) is 0.212. The highest BCUT2D eigenvalue weighted by atomic mass is 19.1. The van der Waals surface area contributed by atoms with Crippen LogP contribution in [0.1, 0.15) is 51.7 Å². The molecule has 0 amide bonds. The summed E-state index contributed by atoms with van der Waals surface area (Å²) in [5.41, 5.74) is 3.91. The topological polar surface area (TPSA) is 0 Å². The average molecular weight is 270 g/mol. The van der Waals surface area contributed by atoms with Crippen LogP contribution in [0.15, 0.2) is 42.5 Å². The first-order valence-electron chi connectivity index (χ1n) is 7.20. The lowest BCUT2D eigenvalue weighted by atomic mass is 9.81. The summed E-state index contributed by atoms with van der Waals surface area (Å²) < 4.78 is 14.5. The van der Waals surface area contributed by atoms with Gasteiger partial charge in [0.05, 0.1) is 0 Å². The van der Waals surface area contributed by atoms with E-state index in [0.29, 0.717) is 11.5 Å². The van der Waals surface area contributed by atoms with E-state index >= 15 is 0 Å². The first-order chi connectivity index (χ1) is 9.30. The number of hydrogen-bond donors (Lipinski definition) is 0. The molecular weight excluding hydrogens is 247 g/mol. The number of halogens is 1. The van der Waals surface area contributed by atoms with Crippen LogP contribution >= 0.6 is 0 Å². The van der Waals surface area contributed by atoms with Gasteiger partial charge in [0.15, 0.2) is 0 Å². The van der Waals surface area contributed by atoms with Gasteiger partial charge >= 0.3 is 0 Å². The first kappa shape index (κ1) is 14.8. The number of hydrogen-bond acceptors (Lipinski definition) is 0. The molecule has 0 N–H and O–H groups in total. The molecule has 0 aromatic heterocycles. The molecule has 2 rings (SSSR count). The zero-order valence-corrected chi connectivity index (χ0v) is 13.0. The smallest absolute Gasteiger partial charge is 0.131 e. The molecule has 0 aliphatic carbocycles. The summed E-state index contributed by atoms with van der Waals surface area (Å²) in [6.45, 7) is 10.6. The molecule has 1 heteroatoms. The molecule has 0 saturated carbocycles. The van der Waals surface area contributed by atoms with Crippen LogP contribution in [0.25, 0.3) is 11.1 Å². The van der Waals surface area contributed by atoms with Gasteiger partial charge in [0, 0.05) is 5.56 Å². The SMILES string of the molecule is CC(C)c1ccc(-c2ccccc2C(C)(C)C)c(F)c1. The molecule has 20 heavy (non-hydrogen) atoms. The molecule has 0 bridgehead atoms. The minimum absolute atomic E-state index is 0.000245. The Bertz CT molecular complexity index is 603. The summed E-state index contributed by atoms with van der Waals surface area (Å²) in [6, 6.07) is 13.7. The molecule has 0 spiro atoms. The van der Waals surface area contributed by atoms with Crippen LogP contribution < -0.4 is 0 Å². The van der Waals surface area contributed by atoms with Crippen molar-refractivity contribution in [1.29, 1.82) is 0 Å². The molecule has 0 aliphatic heterocycles. The van der Waals surface area contributed by atoms with E-state index in [1.54, 1.807) is 6.07 Å². The standard InChI is InChI=1S/C19H23F/c1-13(2)14-10-11-16(18(20)12-14)15-8-6-7-9-17(15)19(3,4)5/h6-13H,1-5H3. The average Bonchev–Trinajstić information content (AvgIpc) is 2.37. The molecule has 0 atom stereocenters. The van der Waals surface area contributed by atoms with E-state index in [2.05, 4.69) is 40.7 Å². The van der Waals surface area contributed by atoms with Crippen LogP contribution in [0, 0.1) is 5.82 Å². The second-order valence-electron chi connectivity index (χ2n) is 6.69. The molecule has 2 aromatic rings. The van der Waals surface area contributed by atoms with Gasteiger partial charge in [-0.25, -0.2) is 4.39 Å². The number of rotatable bonds is 2. The summed E-state index contributed by atoms with van der Waals surface area (Å²) in [4.78, 5) is 0.